The number of carbonyl (C=O) groups is 1. The number of carboxylic acid groups (broad SMARTS) is 1. The van der Waals surface area contributed by atoms with E-state index in [0.29, 0.717) is 0 Å². The Balaban J connectivity index is 3.20. The fraction of sp³-hybridized carbons (Fsp3) is 0.286. The standard InChI is InChI=1S/C7H9NO4S2/c1-8(14(2,11)12)5-3-4-13-6(5)7(9)10/h3-4H,1-2H3,(H,9,10). The Morgan fingerprint density at radius 3 is 2.57 bits per heavy atom. The smallest absolute Gasteiger partial charge is 0.348 e. The molecule has 78 valence electrons. The molecule has 7 heteroatoms. The molecule has 1 rings (SSSR count). The van der Waals surface area contributed by atoms with Crippen LogP contribution in [0.1, 0.15) is 9.67 Å². The molecule has 0 radical (unpaired) electrons. The zero-order chi connectivity index (χ0) is 10.9. The third kappa shape index (κ3) is 2.05. The van der Waals surface area contributed by atoms with E-state index in [-0.39, 0.29) is 10.6 Å². The van der Waals surface area contributed by atoms with Crippen LogP contribution in [0, 0.1) is 0 Å². The molecule has 0 amide bonds. The Bertz CT molecular complexity index is 448. The molecule has 0 fully saturated rings. The monoisotopic (exact) mass is 235 g/mol. The summed E-state index contributed by atoms with van der Waals surface area (Å²) in [6.07, 6.45) is 1.02. The van der Waals surface area contributed by atoms with Crippen LogP contribution in [0.5, 0.6) is 0 Å². The van der Waals surface area contributed by atoms with E-state index in [0.717, 1.165) is 21.9 Å². The molecule has 14 heavy (non-hydrogen) atoms. The molecule has 0 aliphatic carbocycles. The van der Waals surface area contributed by atoms with Gasteiger partial charge in [-0.1, -0.05) is 0 Å². The first kappa shape index (κ1) is 11.0. The Kier molecular flexibility index (Phi) is 2.81. The lowest BCUT2D eigenvalue weighted by atomic mass is 10.4. The predicted molar refractivity (Wildman–Crippen MR) is 54.5 cm³/mol. The average molecular weight is 235 g/mol. The minimum Gasteiger partial charge on any atom is -0.477 e. The van der Waals surface area contributed by atoms with Crippen LogP contribution in [0.4, 0.5) is 5.69 Å². The third-order valence-corrected chi connectivity index (χ3v) is 3.76. The van der Waals surface area contributed by atoms with Crippen molar-refractivity contribution in [1.82, 2.24) is 0 Å². The van der Waals surface area contributed by atoms with Gasteiger partial charge in [-0.3, -0.25) is 4.31 Å². The fourth-order valence-corrected chi connectivity index (χ4v) is 2.22. The number of rotatable bonds is 3. The van der Waals surface area contributed by atoms with Crippen LogP contribution in [-0.4, -0.2) is 32.8 Å². The molecule has 0 atom stereocenters. The predicted octanol–water partition coefficient (Wildman–Crippen LogP) is 0.842. The van der Waals surface area contributed by atoms with E-state index in [1.807, 2.05) is 0 Å². The van der Waals surface area contributed by atoms with Crippen molar-refractivity contribution in [3.63, 3.8) is 0 Å². The van der Waals surface area contributed by atoms with Crippen LogP contribution < -0.4 is 4.31 Å². The number of thiophene rings is 1. The van der Waals surface area contributed by atoms with Crippen molar-refractivity contribution in [2.24, 2.45) is 0 Å². The first-order chi connectivity index (χ1) is 6.34. The van der Waals surface area contributed by atoms with Gasteiger partial charge in [0, 0.05) is 7.05 Å². The number of anilines is 1. The molecule has 1 aromatic rings. The molecule has 0 spiro atoms. The number of nitrogens with zero attached hydrogens (tertiary/aromatic N) is 1. The van der Waals surface area contributed by atoms with Gasteiger partial charge in [-0.25, -0.2) is 13.2 Å². The van der Waals surface area contributed by atoms with Gasteiger partial charge in [0.15, 0.2) is 0 Å². The maximum Gasteiger partial charge on any atom is 0.348 e. The summed E-state index contributed by atoms with van der Waals surface area (Å²) in [5, 5.41) is 10.3. The molecule has 5 nitrogen and oxygen atoms in total. The first-order valence-electron chi connectivity index (χ1n) is 3.58. The molecule has 0 unspecified atom stereocenters. The van der Waals surface area contributed by atoms with Crippen molar-refractivity contribution >= 4 is 33.0 Å². The van der Waals surface area contributed by atoms with E-state index in [1.165, 1.54) is 13.1 Å². The summed E-state index contributed by atoms with van der Waals surface area (Å²) >= 11 is 0.996. The maximum absolute atomic E-state index is 11.1. The average Bonchev–Trinajstić information content (AvgIpc) is 2.48. The van der Waals surface area contributed by atoms with Gasteiger partial charge < -0.3 is 5.11 Å². The number of sulfonamides is 1. The van der Waals surface area contributed by atoms with Gasteiger partial charge in [0.1, 0.15) is 4.88 Å². The lowest BCUT2D eigenvalue weighted by molar-refractivity contribution is 0.0703. The number of carboxylic acids is 1. The van der Waals surface area contributed by atoms with Crippen molar-refractivity contribution < 1.29 is 18.3 Å². The Labute approximate surface area is 85.6 Å². The molecule has 0 aromatic carbocycles. The molecule has 0 aliphatic heterocycles. The summed E-state index contributed by atoms with van der Waals surface area (Å²) in [7, 11) is -2.08. The molecule has 0 aliphatic rings. The number of hydrogen-bond donors (Lipinski definition) is 1. The van der Waals surface area contributed by atoms with E-state index >= 15 is 0 Å². The summed E-state index contributed by atoms with van der Waals surface area (Å²) in [5.74, 6) is -1.12. The van der Waals surface area contributed by atoms with Crippen molar-refractivity contribution in [3.05, 3.63) is 16.3 Å². The molecule has 1 aromatic heterocycles. The fourth-order valence-electron chi connectivity index (χ4n) is 0.889. The van der Waals surface area contributed by atoms with E-state index in [1.54, 1.807) is 5.38 Å². The van der Waals surface area contributed by atoms with Crippen LogP contribution in [0.25, 0.3) is 0 Å². The van der Waals surface area contributed by atoms with Crippen LogP contribution in [0.15, 0.2) is 11.4 Å². The lowest BCUT2D eigenvalue weighted by Gasteiger charge is -2.15. The lowest BCUT2D eigenvalue weighted by Crippen LogP contribution is -2.25. The van der Waals surface area contributed by atoms with Gasteiger partial charge in [-0.05, 0) is 11.4 Å². The second-order valence-electron chi connectivity index (χ2n) is 2.67. The second-order valence-corrected chi connectivity index (χ2v) is 5.60. The van der Waals surface area contributed by atoms with Crippen molar-refractivity contribution in [1.29, 1.82) is 0 Å². The summed E-state index contributed by atoms with van der Waals surface area (Å²) in [5.41, 5.74) is 0.199. The SMILES string of the molecule is CN(c1ccsc1C(=O)O)S(C)(=O)=O. The third-order valence-electron chi connectivity index (χ3n) is 1.68. The molecule has 1 N–H and O–H groups in total. The second kappa shape index (κ2) is 3.58. The van der Waals surface area contributed by atoms with E-state index in [9.17, 15) is 13.2 Å². The van der Waals surface area contributed by atoms with Crippen LogP contribution in [0.2, 0.25) is 0 Å². The molecular weight excluding hydrogens is 226 g/mol. The maximum atomic E-state index is 11.1. The molecular formula is C7H9NO4S2. The summed E-state index contributed by atoms with van der Waals surface area (Å²) in [4.78, 5) is 10.7. The quantitative estimate of drug-likeness (QED) is 0.842. The van der Waals surface area contributed by atoms with Gasteiger partial charge in [0.25, 0.3) is 0 Å². The minimum atomic E-state index is -3.41. The van der Waals surface area contributed by atoms with Crippen LogP contribution in [-0.2, 0) is 10.0 Å². The molecule has 1 heterocycles. The summed E-state index contributed by atoms with van der Waals surface area (Å²) in [6, 6.07) is 1.47. The summed E-state index contributed by atoms with van der Waals surface area (Å²) < 4.78 is 23.2. The van der Waals surface area contributed by atoms with Gasteiger partial charge in [-0.2, -0.15) is 0 Å². The minimum absolute atomic E-state index is 0.0259. The van der Waals surface area contributed by atoms with Crippen molar-refractivity contribution in [2.45, 2.75) is 0 Å². The molecule has 0 saturated carbocycles. The largest absolute Gasteiger partial charge is 0.477 e. The number of aromatic carboxylic acids is 1. The van der Waals surface area contributed by atoms with Gasteiger partial charge in [-0.15, -0.1) is 11.3 Å². The van der Waals surface area contributed by atoms with Crippen molar-refractivity contribution in [3.8, 4) is 0 Å². The van der Waals surface area contributed by atoms with Gasteiger partial charge in [0.05, 0.1) is 11.9 Å². The Hall–Kier alpha value is -1.08. The highest BCUT2D eigenvalue weighted by atomic mass is 32.2. The summed E-state index contributed by atoms with van der Waals surface area (Å²) in [6.45, 7) is 0. The molecule has 0 saturated heterocycles. The topological polar surface area (TPSA) is 74.7 Å². The Morgan fingerprint density at radius 2 is 2.14 bits per heavy atom. The van der Waals surface area contributed by atoms with Gasteiger partial charge in [0.2, 0.25) is 10.0 Å². The van der Waals surface area contributed by atoms with Crippen molar-refractivity contribution in [2.75, 3.05) is 17.6 Å². The highest BCUT2D eigenvalue weighted by Gasteiger charge is 2.20. The normalized spacial score (nSPS) is 11.3. The zero-order valence-corrected chi connectivity index (χ0v) is 9.22. The van der Waals surface area contributed by atoms with E-state index in [4.69, 9.17) is 5.11 Å². The van der Waals surface area contributed by atoms with Crippen LogP contribution in [0.3, 0.4) is 0 Å². The Morgan fingerprint density at radius 1 is 1.57 bits per heavy atom. The highest BCUT2D eigenvalue weighted by molar-refractivity contribution is 7.92. The zero-order valence-electron chi connectivity index (χ0n) is 7.59. The number of hydrogen-bond acceptors (Lipinski definition) is 4. The molecule has 0 bridgehead atoms. The highest BCUT2D eigenvalue weighted by Crippen LogP contribution is 2.26. The van der Waals surface area contributed by atoms with E-state index in [2.05, 4.69) is 0 Å². The van der Waals surface area contributed by atoms with Gasteiger partial charge >= 0.3 is 5.97 Å². The first-order valence-corrected chi connectivity index (χ1v) is 6.31. The van der Waals surface area contributed by atoms with E-state index < -0.39 is 16.0 Å². The van der Waals surface area contributed by atoms with Crippen LogP contribution >= 0.6 is 11.3 Å².